The summed E-state index contributed by atoms with van der Waals surface area (Å²) in [5.41, 5.74) is 0.891. The number of aryl methyl sites for hydroxylation is 1. The molecule has 1 atom stereocenters. The average Bonchev–Trinajstić information content (AvgIpc) is 2.96. The minimum absolute atomic E-state index is 0.0103. The monoisotopic (exact) mass is 663 g/mol. The Balaban J connectivity index is 2.17. The summed E-state index contributed by atoms with van der Waals surface area (Å²) in [5, 5.41) is 3.55. The summed E-state index contributed by atoms with van der Waals surface area (Å²) in [6.45, 7) is 8.36. The molecule has 0 aliphatic carbocycles. The van der Waals surface area contributed by atoms with Crippen LogP contribution < -0.4 is 19.1 Å². The Labute approximate surface area is 270 Å². The van der Waals surface area contributed by atoms with Crippen LogP contribution in [0.2, 0.25) is 10.0 Å². The number of carbonyl (C=O) groups is 2. The molecule has 0 aliphatic heterocycles. The summed E-state index contributed by atoms with van der Waals surface area (Å²) < 4.78 is 40.1. The van der Waals surface area contributed by atoms with Crippen molar-refractivity contribution in [3.63, 3.8) is 0 Å². The molecule has 0 aromatic heterocycles. The molecule has 0 radical (unpaired) electrons. The highest BCUT2D eigenvalue weighted by Gasteiger charge is 2.35. The third kappa shape index (κ3) is 8.37. The molecule has 0 heterocycles. The predicted octanol–water partition coefficient (Wildman–Crippen LogP) is 6.24. The number of hydrogen-bond donors (Lipinski definition) is 1. The third-order valence-electron chi connectivity index (χ3n) is 6.82. The molecule has 3 aromatic rings. The first-order valence-electron chi connectivity index (χ1n) is 14.0. The normalized spacial score (nSPS) is 12.3. The van der Waals surface area contributed by atoms with Crippen molar-refractivity contribution >= 4 is 50.7 Å². The first-order chi connectivity index (χ1) is 20.6. The maximum absolute atomic E-state index is 14.3. The quantitative estimate of drug-likeness (QED) is 0.246. The lowest BCUT2D eigenvalue weighted by Gasteiger charge is -2.35. The van der Waals surface area contributed by atoms with E-state index < -0.39 is 40.0 Å². The van der Waals surface area contributed by atoms with Gasteiger partial charge in [0.05, 0.1) is 24.8 Å². The van der Waals surface area contributed by atoms with Crippen LogP contribution in [0, 0.1) is 6.92 Å². The molecule has 238 valence electrons. The molecule has 1 N–H and O–H groups in total. The van der Waals surface area contributed by atoms with E-state index >= 15 is 0 Å². The van der Waals surface area contributed by atoms with E-state index in [4.69, 9.17) is 32.7 Å². The molecule has 0 bridgehead atoms. The highest BCUT2D eigenvalue weighted by atomic mass is 35.5. The van der Waals surface area contributed by atoms with E-state index in [-0.39, 0.29) is 29.3 Å². The van der Waals surface area contributed by atoms with Gasteiger partial charge in [-0.25, -0.2) is 8.42 Å². The van der Waals surface area contributed by atoms with Crippen molar-refractivity contribution in [3.05, 3.63) is 81.8 Å². The van der Waals surface area contributed by atoms with Crippen LogP contribution in [0.15, 0.2) is 65.6 Å². The average molecular weight is 665 g/mol. The van der Waals surface area contributed by atoms with E-state index in [1.165, 1.54) is 43.4 Å². The minimum atomic E-state index is -4.28. The number of anilines is 1. The van der Waals surface area contributed by atoms with E-state index in [2.05, 4.69) is 5.32 Å². The smallest absolute Gasteiger partial charge is 0.264 e. The zero-order valence-electron chi connectivity index (χ0n) is 26.0. The van der Waals surface area contributed by atoms with Gasteiger partial charge in [0.1, 0.15) is 12.6 Å². The van der Waals surface area contributed by atoms with Crippen molar-refractivity contribution in [2.75, 3.05) is 25.1 Å². The topological polar surface area (TPSA) is 105 Å². The number of halogens is 2. The fourth-order valence-corrected chi connectivity index (χ4v) is 6.50. The van der Waals surface area contributed by atoms with Gasteiger partial charge in [-0.15, -0.1) is 0 Å². The molecule has 0 aliphatic rings. The van der Waals surface area contributed by atoms with E-state index in [9.17, 15) is 18.0 Å². The summed E-state index contributed by atoms with van der Waals surface area (Å²) in [6.07, 6.45) is 0.247. The van der Waals surface area contributed by atoms with Gasteiger partial charge in [-0.3, -0.25) is 13.9 Å². The summed E-state index contributed by atoms with van der Waals surface area (Å²) in [5.74, 6) is -0.370. The molecular weight excluding hydrogens is 625 g/mol. The van der Waals surface area contributed by atoms with Crippen LogP contribution >= 0.6 is 23.2 Å². The molecule has 3 aromatic carbocycles. The molecule has 44 heavy (non-hydrogen) atoms. The SMILES string of the molecule is CC[C@H](C(=O)NC(C)(C)C)N(Cc1c(Cl)cccc1Cl)C(=O)CN(c1ccc(OC)c(OC)c1)S(=O)(=O)c1ccc(C)cc1. The number of methoxy groups -OCH3 is 2. The van der Waals surface area contributed by atoms with Crippen molar-refractivity contribution in [2.24, 2.45) is 0 Å². The van der Waals surface area contributed by atoms with Gasteiger partial charge < -0.3 is 19.7 Å². The number of ether oxygens (including phenoxy) is 2. The highest BCUT2D eigenvalue weighted by molar-refractivity contribution is 7.92. The number of benzene rings is 3. The van der Waals surface area contributed by atoms with Crippen molar-refractivity contribution in [2.45, 2.75) is 64.1 Å². The van der Waals surface area contributed by atoms with Gasteiger partial charge in [0.25, 0.3) is 10.0 Å². The molecule has 0 fully saturated rings. The van der Waals surface area contributed by atoms with Crippen LogP contribution in [0.3, 0.4) is 0 Å². The van der Waals surface area contributed by atoms with Crippen LogP contribution in [-0.2, 0) is 26.2 Å². The van der Waals surface area contributed by atoms with Crippen LogP contribution in [0.4, 0.5) is 5.69 Å². The van der Waals surface area contributed by atoms with E-state index in [0.717, 1.165) is 9.87 Å². The predicted molar refractivity (Wildman–Crippen MR) is 174 cm³/mol. The number of nitrogens with one attached hydrogen (secondary N) is 1. The largest absolute Gasteiger partial charge is 0.493 e. The lowest BCUT2D eigenvalue weighted by molar-refractivity contribution is -0.141. The molecule has 2 amide bonds. The number of amides is 2. The van der Waals surface area contributed by atoms with Gasteiger partial charge in [-0.05, 0) is 70.5 Å². The molecule has 12 heteroatoms. The number of sulfonamides is 1. The third-order valence-corrected chi connectivity index (χ3v) is 9.31. The fraction of sp³-hybridized carbons (Fsp3) is 0.375. The highest BCUT2D eigenvalue weighted by Crippen LogP contribution is 2.34. The molecule has 0 unspecified atom stereocenters. The second-order valence-corrected chi connectivity index (χ2v) is 13.9. The van der Waals surface area contributed by atoms with Crippen LogP contribution in [0.1, 0.15) is 45.2 Å². The molecule has 0 saturated carbocycles. The first kappa shape index (κ1) is 35.0. The van der Waals surface area contributed by atoms with Gasteiger partial charge in [-0.2, -0.15) is 0 Å². The molecule has 9 nitrogen and oxygen atoms in total. The lowest BCUT2D eigenvalue weighted by atomic mass is 10.1. The van der Waals surface area contributed by atoms with Gasteiger partial charge in [0, 0.05) is 33.8 Å². The summed E-state index contributed by atoms with van der Waals surface area (Å²) in [6, 6.07) is 14.9. The van der Waals surface area contributed by atoms with Crippen LogP contribution in [0.5, 0.6) is 11.5 Å². The van der Waals surface area contributed by atoms with Gasteiger partial charge in [0.15, 0.2) is 11.5 Å². The number of hydrogen-bond acceptors (Lipinski definition) is 6. The molecular formula is C32H39Cl2N3O6S. The second-order valence-electron chi connectivity index (χ2n) is 11.2. The minimum Gasteiger partial charge on any atom is -0.493 e. The van der Waals surface area contributed by atoms with E-state index in [1.807, 2.05) is 27.7 Å². The summed E-state index contributed by atoms with van der Waals surface area (Å²) >= 11 is 13.0. The Hall–Kier alpha value is -3.47. The van der Waals surface area contributed by atoms with Crippen molar-refractivity contribution in [1.82, 2.24) is 10.2 Å². The Morgan fingerprint density at radius 3 is 2.05 bits per heavy atom. The number of rotatable bonds is 12. The standard InChI is InChI=1S/C32H39Cl2N3O6S/c1-8-27(31(39)35-32(3,4)5)36(19-24-25(33)10-9-11-26(24)34)30(38)20-37(22-14-17-28(42-6)29(18-22)43-7)44(40,41)23-15-12-21(2)13-16-23/h9-18,27H,8,19-20H2,1-7H3,(H,35,39)/t27-/m1/s1. The van der Waals surface area contributed by atoms with Gasteiger partial charge in [-0.1, -0.05) is 53.9 Å². The zero-order chi connectivity index (χ0) is 32.8. The van der Waals surface area contributed by atoms with Gasteiger partial charge >= 0.3 is 0 Å². The molecule has 0 saturated heterocycles. The Kier molecular flexibility index (Phi) is 11.6. The molecule has 0 spiro atoms. The van der Waals surface area contributed by atoms with E-state index in [0.29, 0.717) is 21.4 Å². The van der Waals surface area contributed by atoms with Crippen LogP contribution in [0.25, 0.3) is 0 Å². The summed E-state index contributed by atoms with van der Waals surface area (Å²) in [4.78, 5) is 29.2. The first-order valence-corrected chi connectivity index (χ1v) is 16.2. The Morgan fingerprint density at radius 1 is 0.932 bits per heavy atom. The second kappa shape index (κ2) is 14.5. The van der Waals surface area contributed by atoms with Crippen molar-refractivity contribution in [3.8, 4) is 11.5 Å². The fourth-order valence-electron chi connectivity index (χ4n) is 4.57. The Morgan fingerprint density at radius 2 is 1.52 bits per heavy atom. The number of carbonyl (C=O) groups excluding carboxylic acids is 2. The van der Waals surface area contributed by atoms with Gasteiger partial charge in [0.2, 0.25) is 11.8 Å². The lowest BCUT2D eigenvalue weighted by Crippen LogP contribution is -2.55. The van der Waals surface area contributed by atoms with E-state index in [1.54, 1.807) is 43.3 Å². The number of nitrogens with zero attached hydrogens (tertiary/aromatic N) is 2. The van der Waals surface area contributed by atoms with Crippen molar-refractivity contribution < 1.29 is 27.5 Å². The molecule has 3 rings (SSSR count). The Bertz CT molecular complexity index is 1570. The van der Waals surface area contributed by atoms with Crippen molar-refractivity contribution in [1.29, 1.82) is 0 Å². The maximum Gasteiger partial charge on any atom is 0.264 e. The van der Waals surface area contributed by atoms with Crippen LogP contribution in [-0.4, -0.2) is 57.5 Å². The zero-order valence-corrected chi connectivity index (χ0v) is 28.3. The maximum atomic E-state index is 14.3. The summed E-state index contributed by atoms with van der Waals surface area (Å²) in [7, 11) is -1.38.